The first-order chi connectivity index (χ1) is 14.7. The number of unbranched alkanes of at least 4 members (excludes halogenated alkanes) is 2. The van der Waals surface area contributed by atoms with E-state index in [1.165, 1.54) is 92.7 Å². The maximum absolute atomic E-state index is 2.38. The van der Waals surface area contributed by atoms with E-state index < -0.39 is 0 Å². The Morgan fingerprint density at radius 3 is 1.10 bits per heavy atom. The predicted molar refractivity (Wildman–Crippen MR) is 134 cm³/mol. The van der Waals surface area contributed by atoms with Gasteiger partial charge in [0.25, 0.3) is 0 Å². The maximum Gasteiger partial charge on any atom is -0.0171 e. The molecule has 0 aliphatic heterocycles. The summed E-state index contributed by atoms with van der Waals surface area (Å²) in [5.41, 5.74) is 2.91. The molecule has 0 saturated heterocycles. The van der Waals surface area contributed by atoms with E-state index in [-0.39, 0.29) is 0 Å². The lowest BCUT2D eigenvalue weighted by molar-refractivity contribution is 0.796. The topological polar surface area (TPSA) is 0 Å². The quantitative estimate of drug-likeness (QED) is 0.254. The SMILES string of the molecule is CCCCc1ccc2cc3cc4cc5cc(CCCC)ccc5cc4cc3cc2c1. The maximum atomic E-state index is 2.38. The summed E-state index contributed by atoms with van der Waals surface area (Å²) in [5, 5.41) is 10.7. The summed E-state index contributed by atoms with van der Waals surface area (Å²) in [5.74, 6) is 0. The van der Waals surface area contributed by atoms with Gasteiger partial charge in [-0.2, -0.15) is 0 Å². The molecule has 0 fully saturated rings. The van der Waals surface area contributed by atoms with Crippen molar-refractivity contribution in [3.8, 4) is 0 Å². The first kappa shape index (κ1) is 19.1. The van der Waals surface area contributed by atoms with Crippen molar-refractivity contribution in [2.75, 3.05) is 0 Å². The van der Waals surface area contributed by atoms with Gasteiger partial charge in [-0.05, 0) is 116 Å². The molecule has 150 valence electrons. The van der Waals surface area contributed by atoms with Crippen molar-refractivity contribution >= 4 is 43.1 Å². The van der Waals surface area contributed by atoms with Crippen LogP contribution in [0.1, 0.15) is 50.7 Å². The van der Waals surface area contributed by atoms with Crippen LogP contribution < -0.4 is 0 Å². The van der Waals surface area contributed by atoms with Gasteiger partial charge in [0.15, 0.2) is 0 Å². The van der Waals surface area contributed by atoms with Crippen molar-refractivity contribution in [1.82, 2.24) is 0 Å². The Morgan fingerprint density at radius 1 is 0.400 bits per heavy atom. The minimum atomic E-state index is 1.18. The Hall–Kier alpha value is -2.86. The highest BCUT2D eigenvalue weighted by Crippen LogP contribution is 2.31. The molecule has 0 nitrogen and oxygen atoms in total. The average molecular weight is 391 g/mol. The van der Waals surface area contributed by atoms with Crippen LogP contribution in [-0.2, 0) is 12.8 Å². The molecule has 0 heteroatoms. The molecule has 5 aromatic rings. The zero-order valence-electron chi connectivity index (χ0n) is 18.2. The summed E-state index contributed by atoms with van der Waals surface area (Å²) in [4.78, 5) is 0. The number of benzene rings is 5. The molecule has 0 aromatic heterocycles. The molecule has 30 heavy (non-hydrogen) atoms. The van der Waals surface area contributed by atoms with Gasteiger partial charge in [0, 0.05) is 0 Å². The fourth-order valence-corrected chi connectivity index (χ4v) is 4.67. The zero-order valence-corrected chi connectivity index (χ0v) is 18.2. The van der Waals surface area contributed by atoms with Gasteiger partial charge >= 0.3 is 0 Å². The third-order valence-electron chi connectivity index (χ3n) is 6.47. The van der Waals surface area contributed by atoms with Gasteiger partial charge in [0.1, 0.15) is 0 Å². The summed E-state index contributed by atoms with van der Waals surface area (Å²) in [6, 6.07) is 28.2. The molecule has 5 rings (SSSR count). The minimum absolute atomic E-state index is 1.18. The highest BCUT2D eigenvalue weighted by molar-refractivity contribution is 6.08. The third-order valence-corrected chi connectivity index (χ3v) is 6.47. The summed E-state index contributed by atoms with van der Waals surface area (Å²) in [6.45, 7) is 4.52. The second-order valence-electron chi connectivity index (χ2n) is 8.82. The van der Waals surface area contributed by atoms with Crippen molar-refractivity contribution < 1.29 is 0 Å². The summed E-state index contributed by atoms with van der Waals surface area (Å²) in [6.07, 6.45) is 7.36. The van der Waals surface area contributed by atoms with Crippen LogP contribution in [0.4, 0.5) is 0 Å². The molecule has 0 aliphatic carbocycles. The van der Waals surface area contributed by atoms with Gasteiger partial charge in [0.2, 0.25) is 0 Å². The molecule has 5 aromatic carbocycles. The Balaban J connectivity index is 1.62. The summed E-state index contributed by atoms with van der Waals surface area (Å²) in [7, 11) is 0. The second kappa shape index (κ2) is 8.11. The predicted octanol–water partition coefficient (Wildman–Crippen LogP) is 8.98. The van der Waals surface area contributed by atoms with Crippen LogP contribution in [0.3, 0.4) is 0 Å². The molecule has 0 aliphatic rings. The molecule has 0 N–H and O–H groups in total. The van der Waals surface area contributed by atoms with E-state index in [9.17, 15) is 0 Å². The molecule has 0 radical (unpaired) electrons. The van der Waals surface area contributed by atoms with E-state index in [0.29, 0.717) is 0 Å². The van der Waals surface area contributed by atoms with Gasteiger partial charge in [-0.25, -0.2) is 0 Å². The molecule has 0 amide bonds. The van der Waals surface area contributed by atoms with Crippen LogP contribution >= 0.6 is 0 Å². The molecule has 0 unspecified atom stereocenters. The monoisotopic (exact) mass is 390 g/mol. The number of hydrogen-bond donors (Lipinski definition) is 0. The van der Waals surface area contributed by atoms with Crippen LogP contribution in [0.25, 0.3) is 43.1 Å². The average Bonchev–Trinajstić information content (AvgIpc) is 2.77. The minimum Gasteiger partial charge on any atom is -0.0654 e. The van der Waals surface area contributed by atoms with Gasteiger partial charge in [-0.3, -0.25) is 0 Å². The Morgan fingerprint density at radius 2 is 0.733 bits per heavy atom. The third kappa shape index (κ3) is 3.67. The van der Waals surface area contributed by atoms with Crippen LogP contribution in [0.15, 0.2) is 72.8 Å². The highest BCUT2D eigenvalue weighted by atomic mass is 14.1. The smallest absolute Gasteiger partial charge is 0.0171 e. The van der Waals surface area contributed by atoms with Crippen molar-refractivity contribution in [1.29, 1.82) is 0 Å². The van der Waals surface area contributed by atoms with Crippen LogP contribution in [-0.4, -0.2) is 0 Å². The van der Waals surface area contributed by atoms with Gasteiger partial charge in [-0.1, -0.05) is 63.1 Å². The Kier molecular flexibility index (Phi) is 5.17. The van der Waals surface area contributed by atoms with E-state index in [1.807, 2.05) is 0 Å². The molecular weight excluding hydrogens is 360 g/mol. The number of aryl methyl sites for hydroxylation is 2. The van der Waals surface area contributed by atoms with Crippen molar-refractivity contribution in [2.45, 2.75) is 52.4 Å². The molecule has 0 bridgehead atoms. The fourth-order valence-electron chi connectivity index (χ4n) is 4.67. The molecule has 0 saturated carbocycles. The largest absolute Gasteiger partial charge is 0.0654 e. The number of fused-ring (bicyclic) bond motifs is 4. The van der Waals surface area contributed by atoms with Crippen LogP contribution in [0.5, 0.6) is 0 Å². The fraction of sp³-hybridized carbons (Fsp3) is 0.267. The zero-order chi connectivity index (χ0) is 20.5. The van der Waals surface area contributed by atoms with E-state index in [4.69, 9.17) is 0 Å². The second-order valence-corrected chi connectivity index (χ2v) is 8.82. The molecule has 0 spiro atoms. The molecule has 0 heterocycles. The number of hydrogen-bond acceptors (Lipinski definition) is 0. The van der Waals surface area contributed by atoms with Crippen LogP contribution in [0, 0.1) is 0 Å². The van der Waals surface area contributed by atoms with Gasteiger partial charge in [-0.15, -0.1) is 0 Å². The highest BCUT2D eigenvalue weighted by Gasteiger charge is 2.05. The lowest BCUT2D eigenvalue weighted by Crippen LogP contribution is -1.86. The van der Waals surface area contributed by atoms with Crippen molar-refractivity contribution in [3.63, 3.8) is 0 Å². The molecule has 0 atom stereocenters. The van der Waals surface area contributed by atoms with Gasteiger partial charge in [0.05, 0.1) is 0 Å². The standard InChI is InChI=1S/C30H30/c1-3-5-7-21-9-11-23-15-27-20-30-18-26-14-22(8-6-4-2)10-12-24(26)16-28(30)19-29(27)17-25(23)13-21/h9-20H,3-8H2,1-2H3. The Bertz CT molecular complexity index is 1250. The van der Waals surface area contributed by atoms with E-state index in [0.717, 1.165) is 0 Å². The lowest BCUT2D eigenvalue weighted by Gasteiger charge is -2.09. The van der Waals surface area contributed by atoms with Crippen molar-refractivity contribution in [3.05, 3.63) is 83.9 Å². The van der Waals surface area contributed by atoms with Crippen molar-refractivity contribution in [2.24, 2.45) is 0 Å². The van der Waals surface area contributed by atoms with Crippen LogP contribution in [0.2, 0.25) is 0 Å². The first-order valence-corrected chi connectivity index (χ1v) is 11.6. The summed E-state index contributed by atoms with van der Waals surface area (Å²) < 4.78 is 0. The van der Waals surface area contributed by atoms with E-state index >= 15 is 0 Å². The normalized spacial score (nSPS) is 11.8. The van der Waals surface area contributed by atoms with Gasteiger partial charge < -0.3 is 0 Å². The molecular formula is C30H30. The Labute approximate surface area is 179 Å². The number of rotatable bonds is 6. The van der Waals surface area contributed by atoms with E-state index in [1.54, 1.807) is 0 Å². The summed E-state index contributed by atoms with van der Waals surface area (Å²) >= 11 is 0. The van der Waals surface area contributed by atoms with E-state index in [2.05, 4.69) is 86.6 Å². The first-order valence-electron chi connectivity index (χ1n) is 11.6. The lowest BCUT2D eigenvalue weighted by atomic mass is 9.95.